The number of rotatable bonds is 5. The van der Waals surface area contributed by atoms with E-state index >= 15 is 0 Å². The van der Waals surface area contributed by atoms with E-state index in [-0.39, 0.29) is 12.2 Å². The fourth-order valence-electron chi connectivity index (χ4n) is 2.28. The molecular formula is C15H16F3N3O2S. The van der Waals surface area contributed by atoms with Gasteiger partial charge in [0.1, 0.15) is 0 Å². The molecular weight excluding hydrogens is 343 g/mol. The van der Waals surface area contributed by atoms with E-state index < -0.39 is 21.8 Å². The zero-order valence-electron chi connectivity index (χ0n) is 12.9. The first-order valence-electron chi connectivity index (χ1n) is 7.40. The van der Waals surface area contributed by atoms with Crippen LogP contribution in [0, 0.1) is 5.92 Å². The van der Waals surface area contributed by atoms with Gasteiger partial charge in [-0.3, -0.25) is 0 Å². The highest BCUT2D eigenvalue weighted by atomic mass is 32.2. The summed E-state index contributed by atoms with van der Waals surface area (Å²) in [5.74, 6) is -0.265. The van der Waals surface area contributed by atoms with Crippen LogP contribution in [0.1, 0.15) is 30.1 Å². The minimum absolute atomic E-state index is 0.0416. The van der Waals surface area contributed by atoms with Crippen LogP contribution in [0.25, 0.3) is 0 Å². The molecule has 5 nitrogen and oxygen atoms in total. The summed E-state index contributed by atoms with van der Waals surface area (Å²) in [5, 5.41) is 3.32. The van der Waals surface area contributed by atoms with Crippen molar-refractivity contribution < 1.29 is 21.9 Å². The van der Waals surface area contributed by atoms with Crippen LogP contribution < -0.4 is 0 Å². The van der Waals surface area contributed by atoms with Crippen molar-refractivity contribution in [1.29, 1.82) is 0 Å². The van der Waals surface area contributed by atoms with Gasteiger partial charge in [-0.25, -0.2) is 4.21 Å². The Morgan fingerprint density at radius 2 is 1.96 bits per heavy atom. The standard InChI is InChI=1S/C15H16F3N3O2S/c1-24(22,9-11-2-3-11)21-12-6-4-10(5-7-12)8-13-19-14(23-20-13)15(16,17)18/h4-7,11H,2-3,8-9H2,1H3. The molecule has 0 radical (unpaired) electrons. The van der Waals surface area contributed by atoms with Crippen molar-refractivity contribution in [3.8, 4) is 0 Å². The van der Waals surface area contributed by atoms with E-state index in [0.717, 1.165) is 12.8 Å². The quantitative estimate of drug-likeness (QED) is 0.814. The fourth-order valence-corrected chi connectivity index (χ4v) is 4.13. The van der Waals surface area contributed by atoms with E-state index in [0.29, 0.717) is 22.9 Å². The lowest BCUT2D eigenvalue weighted by Gasteiger charge is -2.03. The Labute approximate surface area is 137 Å². The largest absolute Gasteiger partial charge is 0.471 e. The first-order valence-corrected chi connectivity index (χ1v) is 9.49. The lowest BCUT2D eigenvalue weighted by molar-refractivity contribution is -0.159. The second-order valence-corrected chi connectivity index (χ2v) is 8.45. The predicted molar refractivity (Wildman–Crippen MR) is 82.3 cm³/mol. The summed E-state index contributed by atoms with van der Waals surface area (Å²) in [7, 11) is -2.25. The Kier molecular flexibility index (Phi) is 4.37. The van der Waals surface area contributed by atoms with Crippen molar-refractivity contribution in [1.82, 2.24) is 10.1 Å². The number of hydrogen-bond donors (Lipinski definition) is 0. The van der Waals surface area contributed by atoms with Crippen molar-refractivity contribution in [2.24, 2.45) is 10.3 Å². The third-order valence-electron chi connectivity index (χ3n) is 3.55. The molecule has 1 saturated carbocycles. The van der Waals surface area contributed by atoms with Crippen LogP contribution in [-0.4, -0.2) is 26.4 Å². The van der Waals surface area contributed by atoms with Gasteiger partial charge in [0.05, 0.1) is 5.69 Å². The zero-order chi connectivity index (χ0) is 17.4. The van der Waals surface area contributed by atoms with Gasteiger partial charge in [-0.2, -0.15) is 22.5 Å². The second kappa shape index (κ2) is 6.19. The molecule has 2 aromatic rings. The van der Waals surface area contributed by atoms with Crippen LogP contribution in [0.3, 0.4) is 0 Å². The maximum Gasteiger partial charge on any atom is 0.471 e. The van der Waals surface area contributed by atoms with Crippen molar-refractivity contribution in [3.05, 3.63) is 41.5 Å². The van der Waals surface area contributed by atoms with E-state index in [9.17, 15) is 17.4 Å². The van der Waals surface area contributed by atoms with E-state index in [1.54, 1.807) is 30.5 Å². The van der Waals surface area contributed by atoms with Gasteiger partial charge in [0.15, 0.2) is 5.82 Å². The van der Waals surface area contributed by atoms with Gasteiger partial charge in [0, 0.05) is 28.2 Å². The van der Waals surface area contributed by atoms with Crippen LogP contribution in [0.15, 0.2) is 33.2 Å². The molecule has 0 N–H and O–H groups in total. The molecule has 1 aliphatic carbocycles. The summed E-state index contributed by atoms with van der Waals surface area (Å²) < 4.78 is 58.1. The van der Waals surface area contributed by atoms with Crippen LogP contribution in [-0.2, 0) is 22.3 Å². The number of alkyl halides is 3. The molecule has 1 aromatic carbocycles. The van der Waals surface area contributed by atoms with E-state index in [1.807, 2.05) is 0 Å². The van der Waals surface area contributed by atoms with Crippen molar-refractivity contribution in [2.75, 3.05) is 12.0 Å². The minimum atomic E-state index is -4.64. The first kappa shape index (κ1) is 16.9. The molecule has 9 heteroatoms. The topological polar surface area (TPSA) is 68.3 Å². The minimum Gasteiger partial charge on any atom is -0.329 e. The number of hydrogen-bond acceptors (Lipinski definition) is 5. The number of aromatic nitrogens is 2. The van der Waals surface area contributed by atoms with Crippen LogP contribution >= 0.6 is 0 Å². The summed E-state index contributed by atoms with van der Waals surface area (Å²) in [6, 6.07) is 6.79. The normalized spacial score (nSPS) is 17.5. The van der Waals surface area contributed by atoms with Crippen molar-refractivity contribution in [2.45, 2.75) is 25.4 Å². The molecule has 0 saturated heterocycles. The van der Waals surface area contributed by atoms with Gasteiger partial charge >= 0.3 is 12.1 Å². The molecule has 0 bridgehead atoms. The van der Waals surface area contributed by atoms with E-state index in [2.05, 4.69) is 19.0 Å². The Bertz CT molecular complexity index is 832. The van der Waals surface area contributed by atoms with Gasteiger partial charge in [0.25, 0.3) is 0 Å². The van der Waals surface area contributed by atoms with Gasteiger partial charge < -0.3 is 4.52 Å². The molecule has 3 rings (SSSR count). The van der Waals surface area contributed by atoms with Crippen molar-refractivity contribution >= 4 is 15.4 Å². The average Bonchev–Trinajstić information content (AvgIpc) is 3.13. The average molecular weight is 359 g/mol. The summed E-state index contributed by atoms with van der Waals surface area (Å²) in [6.45, 7) is 0. The molecule has 1 atom stereocenters. The summed E-state index contributed by atoms with van der Waals surface area (Å²) in [6.07, 6.45) is -0.647. The smallest absolute Gasteiger partial charge is 0.329 e. The number of nitrogens with zero attached hydrogens (tertiary/aromatic N) is 3. The third kappa shape index (κ3) is 4.56. The maximum absolute atomic E-state index is 12.4. The summed E-state index contributed by atoms with van der Waals surface area (Å²) in [4.78, 5) is 3.33. The molecule has 0 spiro atoms. The van der Waals surface area contributed by atoms with Gasteiger partial charge in [-0.05, 0) is 36.5 Å². The Morgan fingerprint density at radius 1 is 1.29 bits per heavy atom. The highest BCUT2D eigenvalue weighted by Crippen LogP contribution is 2.31. The SMILES string of the molecule is CS(=O)(CC1CC1)=Nc1ccc(Cc2noc(C(F)(F)F)n2)cc1. The Morgan fingerprint density at radius 3 is 2.50 bits per heavy atom. The lowest BCUT2D eigenvalue weighted by atomic mass is 10.1. The maximum atomic E-state index is 12.4. The number of benzene rings is 1. The van der Waals surface area contributed by atoms with Gasteiger partial charge in [-0.1, -0.05) is 17.3 Å². The predicted octanol–water partition coefficient (Wildman–Crippen LogP) is 3.82. The summed E-state index contributed by atoms with van der Waals surface area (Å²) in [5.41, 5.74) is 1.31. The highest BCUT2D eigenvalue weighted by Gasteiger charge is 2.38. The Balaban J connectivity index is 1.69. The van der Waals surface area contributed by atoms with E-state index in [1.165, 1.54) is 0 Å². The highest BCUT2D eigenvalue weighted by molar-refractivity contribution is 7.93. The van der Waals surface area contributed by atoms with Crippen molar-refractivity contribution in [3.63, 3.8) is 0 Å². The number of halogens is 3. The molecule has 0 aliphatic heterocycles. The van der Waals surface area contributed by atoms with Crippen LogP contribution in [0.4, 0.5) is 18.9 Å². The second-order valence-electron chi connectivity index (χ2n) is 6.02. The molecule has 1 heterocycles. The summed E-state index contributed by atoms with van der Waals surface area (Å²) >= 11 is 0. The molecule has 130 valence electrons. The zero-order valence-corrected chi connectivity index (χ0v) is 13.7. The first-order chi connectivity index (χ1) is 11.2. The molecule has 0 amide bonds. The third-order valence-corrected chi connectivity index (χ3v) is 5.24. The molecule has 24 heavy (non-hydrogen) atoms. The Hall–Kier alpha value is -1.90. The van der Waals surface area contributed by atoms with Crippen LogP contribution in [0.2, 0.25) is 0 Å². The van der Waals surface area contributed by atoms with Crippen LogP contribution in [0.5, 0.6) is 0 Å². The monoisotopic (exact) mass is 359 g/mol. The molecule has 1 aromatic heterocycles. The lowest BCUT2D eigenvalue weighted by Crippen LogP contribution is -2.05. The van der Waals surface area contributed by atoms with E-state index in [4.69, 9.17) is 0 Å². The molecule has 1 fully saturated rings. The van der Waals surface area contributed by atoms with Gasteiger partial charge in [0.2, 0.25) is 0 Å². The molecule has 1 unspecified atom stereocenters. The fraction of sp³-hybridized carbons (Fsp3) is 0.467. The van der Waals surface area contributed by atoms with Gasteiger partial charge in [-0.15, -0.1) is 0 Å². The molecule has 1 aliphatic rings.